The van der Waals surface area contributed by atoms with Crippen molar-refractivity contribution in [3.63, 3.8) is 0 Å². The van der Waals surface area contributed by atoms with Crippen LogP contribution in [0.4, 0.5) is 8.78 Å². The van der Waals surface area contributed by atoms with Crippen molar-refractivity contribution in [2.75, 3.05) is 13.6 Å². The fraction of sp³-hybridized carbons (Fsp3) is 0.571. The van der Waals surface area contributed by atoms with Gasteiger partial charge in [0, 0.05) is 0 Å². The molecule has 0 atom stereocenters. The van der Waals surface area contributed by atoms with Crippen molar-refractivity contribution in [3.05, 3.63) is 35.4 Å². The highest BCUT2D eigenvalue weighted by molar-refractivity contribution is 5.18. The summed E-state index contributed by atoms with van der Waals surface area (Å²) in [5.41, 5.74) is 0.615. The Morgan fingerprint density at radius 1 is 1.18 bits per heavy atom. The Morgan fingerprint density at radius 2 is 1.88 bits per heavy atom. The van der Waals surface area contributed by atoms with E-state index in [1.54, 1.807) is 0 Å². The van der Waals surface area contributed by atoms with Crippen LogP contribution in [0.5, 0.6) is 0 Å². The van der Waals surface area contributed by atoms with Crippen molar-refractivity contribution in [3.8, 4) is 0 Å². The first kappa shape index (κ1) is 14.1. The third kappa shape index (κ3) is 4.82. The van der Waals surface area contributed by atoms with Crippen molar-refractivity contribution < 1.29 is 8.78 Å². The lowest BCUT2D eigenvalue weighted by molar-refractivity contribution is 0.304. The summed E-state index contributed by atoms with van der Waals surface area (Å²) < 4.78 is 26.4. The Balaban J connectivity index is 2.57. The van der Waals surface area contributed by atoms with E-state index >= 15 is 0 Å². The Morgan fingerprint density at radius 3 is 2.53 bits per heavy atom. The Kier molecular flexibility index (Phi) is 5.06. The van der Waals surface area contributed by atoms with Crippen molar-refractivity contribution in [2.24, 2.45) is 5.41 Å². The van der Waals surface area contributed by atoms with Gasteiger partial charge in [-0.2, -0.15) is 0 Å². The molecule has 0 aromatic heterocycles. The minimum absolute atomic E-state index is 0.141. The van der Waals surface area contributed by atoms with E-state index in [-0.39, 0.29) is 17.0 Å². The molecule has 1 aromatic carbocycles. The van der Waals surface area contributed by atoms with E-state index in [0.29, 0.717) is 12.0 Å². The van der Waals surface area contributed by atoms with E-state index in [1.165, 1.54) is 12.1 Å². The fourth-order valence-electron chi connectivity index (χ4n) is 1.80. The molecule has 96 valence electrons. The van der Waals surface area contributed by atoms with Crippen LogP contribution in [0.3, 0.4) is 0 Å². The van der Waals surface area contributed by atoms with E-state index in [9.17, 15) is 8.78 Å². The molecule has 0 bridgehead atoms. The second-order valence-corrected chi connectivity index (χ2v) is 5.25. The maximum Gasteiger partial charge on any atom is 0.126 e. The van der Waals surface area contributed by atoms with E-state index in [2.05, 4.69) is 19.2 Å². The van der Waals surface area contributed by atoms with Crippen LogP contribution in [0.1, 0.15) is 32.3 Å². The summed E-state index contributed by atoms with van der Waals surface area (Å²) in [6, 6.07) is 3.65. The molecule has 1 N–H and O–H groups in total. The Labute approximate surface area is 102 Å². The minimum atomic E-state index is -0.366. The van der Waals surface area contributed by atoms with Gasteiger partial charge in [-0.1, -0.05) is 13.8 Å². The third-order valence-corrected chi connectivity index (χ3v) is 3.13. The van der Waals surface area contributed by atoms with Crippen molar-refractivity contribution in [2.45, 2.75) is 33.1 Å². The number of hydrogen-bond acceptors (Lipinski definition) is 1. The zero-order valence-electron chi connectivity index (χ0n) is 10.8. The van der Waals surface area contributed by atoms with Crippen LogP contribution >= 0.6 is 0 Å². The highest BCUT2D eigenvalue weighted by Crippen LogP contribution is 2.27. The zero-order valence-corrected chi connectivity index (χ0v) is 10.8. The second-order valence-electron chi connectivity index (χ2n) is 5.25. The summed E-state index contributed by atoms with van der Waals surface area (Å²) in [6.45, 7) is 5.25. The molecule has 0 aliphatic carbocycles. The zero-order chi connectivity index (χ0) is 12.9. The summed E-state index contributed by atoms with van der Waals surface area (Å²) in [6.07, 6.45) is 2.47. The van der Waals surface area contributed by atoms with Gasteiger partial charge in [-0.25, -0.2) is 8.78 Å². The maximum atomic E-state index is 13.4. The molecule has 3 heteroatoms. The van der Waals surface area contributed by atoms with Crippen LogP contribution in [0, 0.1) is 17.0 Å². The first-order chi connectivity index (χ1) is 7.94. The average molecular weight is 241 g/mol. The largest absolute Gasteiger partial charge is 0.320 e. The molecule has 0 unspecified atom stereocenters. The van der Waals surface area contributed by atoms with E-state index in [0.717, 1.165) is 25.5 Å². The van der Waals surface area contributed by atoms with Crippen LogP contribution in [0.15, 0.2) is 18.2 Å². The summed E-state index contributed by atoms with van der Waals surface area (Å²) >= 11 is 0. The molecule has 0 spiro atoms. The van der Waals surface area contributed by atoms with Gasteiger partial charge < -0.3 is 5.32 Å². The van der Waals surface area contributed by atoms with Crippen molar-refractivity contribution in [1.82, 2.24) is 5.32 Å². The lowest BCUT2D eigenvalue weighted by atomic mass is 9.83. The standard InChI is InChI=1S/C14H21F2N/c1-14(2,8-9-17-3)7-6-11-10-12(15)4-5-13(11)16/h4-5,10,17H,6-9H2,1-3H3. The Hall–Kier alpha value is -0.960. The van der Waals surface area contributed by atoms with Gasteiger partial charge in [0.25, 0.3) is 0 Å². The molecule has 1 rings (SSSR count). The molecular formula is C14H21F2N. The van der Waals surface area contributed by atoms with Gasteiger partial charge >= 0.3 is 0 Å². The van der Waals surface area contributed by atoms with E-state index in [4.69, 9.17) is 0 Å². The van der Waals surface area contributed by atoms with Crippen LogP contribution in [0.2, 0.25) is 0 Å². The van der Waals surface area contributed by atoms with Gasteiger partial charge in [0.2, 0.25) is 0 Å². The number of benzene rings is 1. The smallest absolute Gasteiger partial charge is 0.126 e. The number of halogens is 2. The Bertz CT molecular complexity index is 361. The summed E-state index contributed by atoms with van der Waals surface area (Å²) in [4.78, 5) is 0. The van der Waals surface area contributed by atoms with Gasteiger partial charge in [0.05, 0.1) is 0 Å². The molecule has 17 heavy (non-hydrogen) atoms. The second kappa shape index (κ2) is 6.10. The summed E-state index contributed by atoms with van der Waals surface area (Å²) in [5.74, 6) is -0.676. The molecule has 0 aliphatic rings. The lowest BCUT2D eigenvalue weighted by Crippen LogP contribution is -2.20. The molecule has 1 aromatic rings. The van der Waals surface area contributed by atoms with Gasteiger partial charge in [0.1, 0.15) is 11.6 Å². The van der Waals surface area contributed by atoms with Gasteiger partial charge in [-0.15, -0.1) is 0 Å². The molecule has 0 aliphatic heterocycles. The van der Waals surface area contributed by atoms with E-state index < -0.39 is 0 Å². The van der Waals surface area contributed by atoms with Crippen LogP contribution in [0.25, 0.3) is 0 Å². The molecule has 0 heterocycles. The monoisotopic (exact) mass is 241 g/mol. The van der Waals surface area contributed by atoms with Crippen LogP contribution in [-0.4, -0.2) is 13.6 Å². The lowest BCUT2D eigenvalue weighted by Gasteiger charge is -2.24. The highest BCUT2D eigenvalue weighted by Gasteiger charge is 2.18. The number of hydrogen-bond donors (Lipinski definition) is 1. The predicted octanol–water partition coefficient (Wildman–Crippen LogP) is 3.53. The molecule has 0 radical (unpaired) electrons. The normalized spacial score (nSPS) is 11.8. The predicted molar refractivity (Wildman–Crippen MR) is 67.0 cm³/mol. The van der Waals surface area contributed by atoms with Crippen LogP contribution in [-0.2, 0) is 6.42 Å². The minimum Gasteiger partial charge on any atom is -0.320 e. The quantitative estimate of drug-likeness (QED) is 0.803. The first-order valence-corrected chi connectivity index (χ1v) is 6.03. The third-order valence-electron chi connectivity index (χ3n) is 3.13. The average Bonchev–Trinajstić information content (AvgIpc) is 2.28. The van der Waals surface area contributed by atoms with Crippen LogP contribution < -0.4 is 5.32 Å². The molecule has 0 saturated heterocycles. The first-order valence-electron chi connectivity index (χ1n) is 6.03. The van der Waals surface area contributed by atoms with Crippen molar-refractivity contribution in [1.29, 1.82) is 0 Å². The summed E-state index contributed by atoms with van der Waals surface area (Å²) in [7, 11) is 1.92. The molecule has 1 nitrogen and oxygen atoms in total. The number of aryl methyl sites for hydroxylation is 1. The SMILES string of the molecule is CNCCC(C)(C)CCc1cc(F)ccc1F. The maximum absolute atomic E-state index is 13.4. The topological polar surface area (TPSA) is 12.0 Å². The molecule has 0 amide bonds. The molecular weight excluding hydrogens is 220 g/mol. The molecule has 0 fully saturated rings. The fourth-order valence-corrected chi connectivity index (χ4v) is 1.80. The van der Waals surface area contributed by atoms with Gasteiger partial charge in [0.15, 0.2) is 0 Å². The summed E-state index contributed by atoms with van der Waals surface area (Å²) in [5, 5.41) is 3.11. The van der Waals surface area contributed by atoms with Gasteiger partial charge in [-0.3, -0.25) is 0 Å². The van der Waals surface area contributed by atoms with E-state index in [1.807, 2.05) is 7.05 Å². The van der Waals surface area contributed by atoms with Gasteiger partial charge in [-0.05, 0) is 62.0 Å². The number of nitrogens with one attached hydrogen (secondary N) is 1. The molecule has 0 saturated carbocycles. The highest BCUT2D eigenvalue weighted by atomic mass is 19.1. The van der Waals surface area contributed by atoms with Crippen molar-refractivity contribution >= 4 is 0 Å². The number of rotatable bonds is 6.